The first-order valence-corrected chi connectivity index (χ1v) is 13.0. The molecular weight excluding hydrogens is 544 g/mol. The number of ketones is 1. The normalized spacial score (nSPS) is 19.0. The van der Waals surface area contributed by atoms with Crippen LogP contribution >= 0.6 is 28.1 Å². The molecular formula is C31H23BrN2O2S. The van der Waals surface area contributed by atoms with Gasteiger partial charge in [0, 0.05) is 32.8 Å². The number of aliphatic hydroxyl groups is 1. The van der Waals surface area contributed by atoms with Crippen LogP contribution in [0.2, 0.25) is 0 Å². The van der Waals surface area contributed by atoms with Crippen LogP contribution < -0.4 is 4.90 Å². The fourth-order valence-corrected chi connectivity index (χ4v) is 5.63. The van der Waals surface area contributed by atoms with E-state index in [0.717, 1.165) is 10.0 Å². The highest BCUT2D eigenvalue weighted by atomic mass is 79.9. The Balaban J connectivity index is 1.80. The van der Waals surface area contributed by atoms with E-state index in [2.05, 4.69) is 15.9 Å². The van der Waals surface area contributed by atoms with Crippen LogP contribution in [0.25, 0.3) is 5.76 Å². The number of carbonyl (C=O) groups is 1. The number of rotatable bonds is 5. The summed E-state index contributed by atoms with van der Waals surface area (Å²) in [5.41, 5.74) is 2.87. The molecule has 4 aromatic rings. The standard InChI is InChI=1S/C31H23BrN2O2S/c32-23-16-10-15-22(19-23)25-26(28(35)20-11-4-1-5-12-20)30(33)34(24-17-8-3-9-18-24)31(37)27(25)29(36)21-13-6-2-7-14-21/h1-19,25,27,33,35H/b28-26+,33-30?/t25-,27-/m1/s1. The molecule has 4 nitrogen and oxygen atoms in total. The minimum atomic E-state index is -0.832. The number of nitrogens with zero attached hydrogens (tertiary/aromatic N) is 1. The molecule has 4 aromatic carbocycles. The number of hydrogen-bond acceptors (Lipinski definition) is 4. The van der Waals surface area contributed by atoms with Crippen molar-refractivity contribution in [3.05, 3.63) is 142 Å². The molecule has 2 atom stereocenters. The maximum absolute atomic E-state index is 14.2. The zero-order valence-corrected chi connectivity index (χ0v) is 22.1. The van der Waals surface area contributed by atoms with Gasteiger partial charge in [0.15, 0.2) is 5.78 Å². The quantitative estimate of drug-likeness (QED) is 0.147. The Bertz CT molecular complexity index is 1500. The van der Waals surface area contributed by atoms with Gasteiger partial charge in [-0.05, 0) is 29.8 Å². The van der Waals surface area contributed by atoms with Crippen LogP contribution in [-0.4, -0.2) is 21.7 Å². The number of amidine groups is 1. The third-order valence-electron chi connectivity index (χ3n) is 6.47. The fraction of sp³-hybridized carbons (Fsp3) is 0.0645. The molecule has 0 amide bonds. The summed E-state index contributed by atoms with van der Waals surface area (Å²) in [5, 5.41) is 21.0. The molecule has 0 bridgehead atoms. The predicted molar refractivity (Wildman–Crippen MR) is 156 cm³/mol. The first-order valence-electron chi connectivity index (χ1n) is 11.8. The van der Waals surface area contributed by atoms with Crippen molar-refractivity contribution in [2.45, 2.75) is 5.92 Å². The lowest BCUT2D eigenvalue weighted by atomic mass is 9.72. The number of nitrogens with one attached hydrogen (secondary N) is 1. The second-order valence-electron chi connectivity index (χ2n) is 8.73. The van der Waals surface area contributed by atoms with E-state index >= 15 is 0 Å². The fourth-order valence-electron chi connectivity index (χ4n) is 4.78. The summed E-state index contributed by atoms with van der Waals surface area (Å²) in [6, 6.07) is 35.1. The average Bonchev–Trinajstić information content (AvgIpc) is 2.93. The molecule has 0 aliphatic carbocycles. The van der Waals surface area contributed by atoms with Crippen LogP contribution in [0.5, 0.6) is 0 Å². The van der Waals surface area contributed by atoms with Gasteiger partial charge < -0.3 is 5.11 Å². The number of para-hydroxylation sites is 1. The van der Waals surface area contributed by atoms with Crippen LogP contribution in [0, 0.1) is 11.3 Å². The van der Waals surface area contributed by atoms with Gasteiger partial charge in [-0.1, -0.05) is 119 Å². The van der Waals surface area contributed by atoms with Crippen LogP contribution in [0.4, 0.5) is 5.69 Å². The van der Waals surface area contributed by atoms with Crippen LogP contribution in [0.15, 0.2) is 125 Å². The van der Waals surface area contributed by atoms with Gasteiger partial charge in [-0.15, -0.1) is 0 Å². The van der Waals surface area contributed by atoms with Gasteiger partial charge >= 0.3 is 0 Å². The van der Waals surface area contributed by atoms with E-state index in [4.69, 9.17) is 12.2 Å². The summed E-state index contributed by atoms with van der Waals surface area (Å²) in [6.45, 7) is 0. The smallest absolute Gasteiger partial charge is 0.173 e. The second kappa shape index (κ2) is 10.6. The molecule has 1 aliphatic heterocycles. The Labute approximate surface area is 229 Å². The van der Waals surface area contributed by atoms with E-state index < -0.39 is 11.8 Å². The number of piperidine rings is 1. The minimum Gasteiger partial charge on any atom is -0.507 e. The number of carbonyl (C=O) groups excluding carboxylic acids is 1. The van der Waals surface area contributed by atoms with Gasteiger partial charge in [-0.2, -0.15) is 0 Å². The summed E-state index contributed by atoms with van der Waals surface area (Å²) in [6.07, 6.45) is 0. The van der Waals surface area contributed by atoms with Gasteiger partial charge in [-0.3, -0.25) is 15.1 Å². The lowest BCUT2D eigenvalue weighted by Crippen LogP contribution is -2.51. The van der Waals surface area contributed by atoms with E-state index in [0.29, 0.717) is 27.4 Å². The number of thiocarbonyl (C=S) groups is 1. The van der Waals surface area contributed by atoms with Gasteiger partial charge in [0.1, 0.15) is 16.6 Å². The highest BCUT2D eigenvalue weighted by molar-refractivity contribution is 9.10. The number of anilines is 1. The molecule has 37 heavy (non-hydrogen) atoms. The summed E-state index contributed by atoms with van der Waals surface area (Å²) >= 11 is 9.55. The zero-order valence-electron chi connectivity index (χ0n) is 19.7. The summed E-state index contributed by atoms with van der Waals surface area (Å²) in [5.74, 6) is -1.68. The molecule has 2 N–H and O–H groups in total. The number of hydrogen-bond donors (Lipinski definition) is 2. The van der Waals surface area contributed by atoms with E-state index in [1.54, 1.807) is 29.2 Å². The molecule has 6 heteroatoms. The van der Waals surface area contributed by atoms with Crippen molar-refractivity contribution in [2.24, 2.45) is 5.92 Å². The summed E-state index contributed by atoms with van der Waals surface area (Å²) in [4.78, 5) is 16.1. The molecule has 0 radical (unpaired) electrons. The van der Waals surface area contributed by atoms with Gasteiger partial charge in [0.05, 0.1) is 5.92 Å². The molecule has 1 aliphatic rings. The molecule has 1 saturated heterocycles. The molecule has 182 valence electrons. The van der Waals surface area contributed by atoms with E-state index in [1.807, 2.05) is 91.0 Å². The maximum atomic E-state index is 14.2. The molecule has 0 aromatic heterocycles. The third kappa shape index (κ3) is 4.78. The van der Waals surface area contributed by atoms with Crippen molar-refractivity contribution < 1.29 is 9.90 Å². The average molecular weight is 568 g/mol. The van der Waals surface area contributed by atoms with E-state index in [1.165, 1.54) is 0 Å². The number of halogens is 1. The predicted octanol–water partition coefficient (Wildman–Crippen LogP) is 7.83. The third-order valence-corrected chi connectivity index (χ3v) is 7.40. The Hall–Kier alpha value is -3.87. The number of benzene rings is 4. The number of aliphatic hydroxyl groups excluding tert-OH is 1. The second-order valence-corrected chi connectivity index (χ2v) is 10.1. The molecule has 0 unspecified atom stereocenters. The Morgan fingerprint density at radius 3 is 1.97 bits per heavy atom. The zero-order chi connectivity index (χ0) is 25.9. The van der Waals surface area contributed by atoms with Crippen molar-refractivity contribution in [3.8, 4) is 0 Å². The Kier molecular flexibility index (Phi) is 7.12. The Morgan fingerprint density at radius 1 is 0.811 bits per heavy atom. The van der Waals surface area contributed by atoms with Crippen LogP contribution in [-0.2, 0) is 0 Å². The van der Waals surface area contributed by atoms with Crippen molar-refractivity contribution in [1.29, 1.82) is 5.41 Å². The summed E-state index contributed by atoms with van der Waals surface area (Å²) < 4.78 is 0.831. The van der Waals surface area contributed by atoms with Crippen LogP contribution in [0.3, 0.4) is 0 Å². The van der Waals surface area contributed by atoms with Gasteiger partial charge in [0.2, 0.25) is 0 Å². The van der Waals surface area contributed by atoms with E-state index in [-0.39, 0.29) is 17.4 Å². The minimum absolute atomic E-state index is 0.0413. The largest absolute Gasteiger partial charge is 0.507 e. The van der Waals surface area contributed by atoms with Gasteiger partial charge in [-0.25, -0.2) is 0 Å². The first kappa shape index (κ1) is 24.8. The molecule has 5 rings (SSSR count). The van der Waals surface area contributed by atoms with Crippen molar-refractivity contribution in [3.63, 3.8) is 0 Å². The van der Waals surface area contributed by atoms with Crippen molar-refractivity contribution >= 4 is 56.2 Å². The van der Waals surface area contributed by atoms with Crippen molar-refractivity contribution in [1.82, 2.24) is 0 Å². The highest BCUT2D eigenvalue weighted by Crippen LogP contribution is 2.45. The first-order chi connectivity index (χ1) is 18.0. The lowest BCUT2D eigenvalue weighted by Gasteiger charge is -2.42. The van der Waals surface area contributed by atoms with E-state index in [9.17, 15) is 15.3 Å². The van der Waals surface area contributed by atoms with Crippen molar-refractivity contribution in [2.75, 3.05) is 4.90 Å². The monoisotopic (exact) mass is 566 g/mol. The van der Waals surface area contributed by atoms with Gasteiger partial charge in [0.25, 0.3) is 0 Å². The molecule has 0 spiro atoms. The number of Topliss-reactive ketones (excluding diaryl/α,β-unsaturated/α-hetero) is 1. The highest BCUT2D eigenvalue weighted by Gasteiger charge is 2.47. The Morgan fingerprint density at radius 2 is 1.38 bits per heavy atom. The topological polar surface area (TPSA) is 64.4 Å². The molecule has 1 fully saturated rings. The lowest BCUT2D eigenvalue weighted by molar-refractivity contribution is 0.0946. The summed E-state index contributed by atoms with van der Waals surface area (Å²) in [7, 11) is 0. The molecule has 0 saturated carbocycles. The maximum Gasteiger partial charge on any atom is 0.173 e. The SMILES string of the molecule is N=C1/C(=C(/O)c2ccccc2)[C@@H](c2cccc(Br)c2)[C@H](C(=O)c2ccccc2)C(=S)N1c1ccccc1. The van der Waals surface area contributed by atoms with Crippen LogP contribution in [0.1, 0.15) is 27.4 Å². The molecule has 1 heterocycles.